The van der Waals surface area contributed by atoms with Gasteiger partial charge in [-0.05, 0) is 38.6 Å². The lowest BCUT2D eigenvalue weighted by atomic mass is 10.1. The number of aromatic nitrogens is 4. The number of hydrogen-bond acceptors (Lipinski definition) is 5. The average molecular weight is 314 g/mol. The Morgan fingerprint density at radius 2 is 2.17 bits per heavy atom. The quantitative estimate of drug-likeness (QED) is 0.890. The molecule has 1 amide bonds. The van der Waals surface area contributed by atoms with Crippen molar-refractivity contribution in [2.45, 2.75) is 38.3 Å². The van der Waals surface area contributed by atoms with Crippen LogP contribution in [0.2, 0.25) is 0 Å². The highest BCUT2D eigenvalue weighted by molar-refractivity contribution is 5.81. The second kappa shape index (κ2) is 7.32. The van der Waals surface area contributed by atoms with Crippen molar-refractivity contribution in [2.75, 3.05) is 13.6 Å². The number of hydrogen-bond donors (Lipinski definition) is 2. The molecule has 0 aromatic carbocycles. The highest BCUT2D eigenvalue weighted by Gasteiger charge is 2.24. The number of likely N-dealkylation sites (tertiary alicyclic amines) is 1. The summed E-state index contributed by atoms with van der Waals surface area (Å²) in [5.41, 5.74) is 0.900. The monoisotopic (exact) mass is 314 g/mol. The molecule has 1 unspecified atom stereocenters. The van der Waals surface area contributed by atoms with Crippen LogP contribution in [0.4, 0.5) is 0 Å². The smallest absolute Gasteiger partial charge is 0.237 e. The number of likely N-dealkylation sites (N-methyl/N-ethyl adjacent to an activating group) is 1. The summed E-state index contributed by atoms with van der Waals surface area (Å²) < 4.78 is 0. The average Bonchev–Trinajstić information content (AvgIpc) is 2.95. The van der Waals surface area contributed by atoms with Gasteiger partial charge < -0.3 is 5.32 Å². The first kappa shape index (κ1) is 15.6. The summed E-state index contributed by atoms with van der Waals surface area (Å²) >= 11 is 0. The topological polar surface area (TPSA) is 86.8 Å². The summed E-state index contributed by atoms with van der Waals surface area (Å²) in [6, 6.07) is 3.66. The lowest BCUT2D eigenvalue weighted by Gasteiger charge is -2.24. The number of aromatic amines is 1. The minimum absolute atomic E-state index is 0.0416. The molecule has 7 nitrogen and oxygen atoms in total. The van der Waals surface area contributed by atoms with Crippen LogP contribution in [0.1, 0.15) is 31.5 Å². The van der Waals surface area contributed by atoms with E-state index in [-0.39, 0.29) is 11.9 Å². The second-order valence-electron chi connectivity index (χ2n) is 5.91. The zero-order valence-corrected chi connectivity index (χ0v) is 13.3. The van der Waals surface area contributed by atoms with Gasteiger partial charge in [-0.3, -0.25) is 19.8 Å². The summed E-state index contributed by atoms with van der Waals surface area (Å²) in [5, 5.41) is 10.0. The van der Waals surface area contributed by atoms with E-state index in [1.807, 2.05) is 19.2 Å². The maximum atomic E-state index is 12.4. The minimum Gasteiger partial charge on any atom is -0.347 e. The van der Waals surface area contributed by atoms with Crippen molar-refractivity contribution in [3.8, 4) is 11.4 Å². The molecule has 0 radical (unpaired) electrons. The lowest BCUT2D eigenvalue weighted by molar-refractivity contribution is -0.126. The molecule has 1 aliphatic heterocycles. The Labute approximate surface area is 135 Å². The number of H-pyrrole nitrogens is 1. The fourth-order valence-electron chi connectivity index (χ4n) is 2.88. The molecule has 1 aliphatic rings. The van der Waals surface area contributed by atoms with Gasteiger partial charge in [0, 0.05) is 18.0 Å². The van der Waals surface area contributed by atoms with Crippen LogP contribution in [0.25, 0.3) is 11.4 Å². The second-order valence-corrected chi connectivity index (χ2v) is 5.91. The van der Waals surface area contributed by atoms with Gasteiger partial charge in [-0.25, -0.2) is 4.98 Å². The van der Waals surface area contributed by atoms with E-state index in [0.717, 1.165) is 31.4 Å². The van der Waals surface area contributed by atoms with E-state index in [1.165, 1.54) is 6.42 Å². The Balaban J connectivity index is 1.58. The molecule has 2 aromatic heterocycles. The number of amides is 1. The van der Waals surface area contributed by atoms with Crippen LogP contribution in [0.15, 0.2) is 24.5 Å². The predicted molar refractivity (Wildman–Crippen MR) is 86.3 cm³/mol. The molecule has 3 rings (SSSR count). The van der Waals surface area contributed by atoms with Gasteiger partial charge in [0.05, 0.1) is 12.6 Å². The lowest BCUT2D eigenvalue weighted by Crippen LogP contribution is -2.44. The first-order chi connectivity index (χ1) is 11.2. The van der Waals surface area contributed by atoms with Gasteiger partial charge in [-0.1, -0.05) is 12.8 Å². The van der Waals surface area contributed by atoms with E-state index in [0.29, 0.717) is 18.2 Å². The van der Waals surface area contributed by atoms with Crippen molar-refractivity contribution in [1.29, 1.82) is 0 Å². The SMILES string of the molecule is CN1CCCCCC1C(=O)NCc1nc(-c2ccncc2)n[nH]1. The summed E-state index contributed by atoms with van der Waals surface area (Å²) in [6.45, 7) is 1.34. The molecule has 2 aromatic rings. The third kappa shape index (κ3) is 3.92. The Bertz CT molecular complexity index is 641. The summed E-state index contributed by atoms with van der Waals surface area (Å²) in [6.07, 6.45) is 7.80. The van der Waals surface area contributed by atoms with Crippen molar-refractivity contribution in [2.24, 2.45) is 0 Å². The molecule has 0 saturated carbocycles. The van der Waals surface area contributed by atoms with E-state index in [4.69, 9.17) is 0 Å². The van der Waals surface area contributed by atoms with Crippen molar-refractivity contribution < 1.29 is 4.79 Å². The van der Waals surface area contributed by atoms with Crippen LogP contribution in [-0.2, 0) is 11.3 Å². The molecule has 1 fully saturated rings. The fraction of sp³-hybridized carbons (Fsp3) is 0.500. The third-order valence-corrected chi connectivity index (χ3v) is 4.22. The summed E-state index contributed by atoms with van der Waals surface area (Å²) in [4.78, 5) is 22.9. The Morgan fingerprint density at radius 3 is 3.00 bits per heavy atom. The van der Waals surface area contributed by atoms with Gasteiger partial charge in [0.2, 0.25) is 5.91 Å². The first-order valence-electron chi connectivity index (χ1n) is 8.03. The molecule has 23 heavy (non-hydrogen) atoms. The van der Waals surface area contributed by atoms with Crippen LogP contribution in [0.3, 0.4) is 0 Å². The minimum atomic E-state index is -0.0416. The molecule has 7 heteroatoms. The number of carbonyl (C=O) groups excluding carboxylic acids is 1. The van der Waals surface area contributed by atoms with Crippen molar-refractivity contribution in [3.05, 3.63) is 30.4 Å². The number of nitrogens with one attached hydrogen (secondary N) is 2. The van der Waals surface area contributed by atoms with Gasteiger partial charge >= 0.3 is 0 Å². The molecule has 0 aliphatic carbocycles. The highest BCUT2D eigenvalue weighted by atomic mass is 16.2. The van der Waals surface area contributed by atoms with Gasteiger partial charge in [-0.15, -0.1) is 0 Å². The summed E-state index contributed by atoms with van der Waals surface area (Å²) in [7, 11) is 2.02. The van der Waals surface area contributed by atoms with E-state index in [2.05, 4.69) is 30.4 Å². The van der Waals surface area contributed by atoms with Crippen LogP contribution in [0.5, 0.6) is 0 Å². The molecule has 0 spiro atoms. The third-order valence-electron chi connectivity index (χ3n) is 4.22. The molecule has 1 saturated heterocycles. The van der Waals surface area contributed by atoms with Crippen molar-refractivity contribution in [1.82, 2.24) is 30.4 Å². The van der Waals surface area contributed by atoms with Crippen LogP contribution in [-0.4, -0.2) is 50.6 Å². The maximum absolute atomic E-state index is 12.4. The maximum Gasteiger partial charge on any atom is 0.237 e. The van der Waals surface area contributed by atoms with E-state index in [1.54, 1.807) is 12.4 Å². The molecular formula is C16H22N6O. The molecule has 122 valence electrons. The number of rotatable bonds is 4. The number of nitrogens with zero attached hydrogens (tertiary/aromatic N) is 4. The van der Waals surface area contributed by atoms with Crippen LogP contribution >= 0.6 is 0 Å². The number of pyridine rings is 1. The van der Waals surface area contributed by atoms with Crippen molar-refractivity contribution in [3.63, 3.8) is 0 Å². The van der Waals surface area contributed by atoms with E-state index >= 15 is 0 Å². The molecule has 0 bridgehead atoms. The van der Waals surface area contributed by atoms with Gasteiger partial charge in [0.15, 0.2) is 5.82 Å². The highest BCUT2D eigenvalue weighted by Crippen LogP contribution is 2.15. The molecule has 3 heterocycles. The molecular weight excluding hydrogens is 292 g/mol. The standard InChI is InChI=1S/C16H22N6O/c1-22-10-4-2-3-5-13(22)16(23)18-11-14-19-15(21-20-14)12-6-8-17-9-7-12/h6-9,13H,2-5,10-11H2,1H3,(H,18,23)(H,19,20,21). The Morgan fingerprint density at radius 1 is 1.35 bits per heavy atom. The molecule has 2 N–H and O–H groups in total. The summed E-state index contributed by atoms with van der Waals surface area (Å²) in [5.74, 6) is 1.33. The fourth-order valence-corrected chi connectivity index (χ4v) is 2.88. The van der Waals surface area contributed by atoms with Gasteiger partial charge in [-0.2, -0.15) is 5.10 Å². The zero-order chi connectivity index (χ0) is 16.1. The Kier molecular flexibility index (Phi) is 4.97. The van der Waals surface area contributed by atoms with Gasteiger partial charge in [0.25, 0.3) is 0 Å². The van der Waals surface area contributed by atoms with Gasteiger partial charge in [0.1, 0.15) is 5.82 Å². The van der Waals surface area contributed by atoms with Crippen molar-refractivity contribution >= 4 is 5.91 Å². The van der Waals surface area contributed by atoms with Crippen LogP contribution in [0, 0.1) is 0 Å². The predicted octanol–water partition coefficient (Wildman–Crippen LogP) is 1.36. The number of carbonyl (C=O) groups is 1. The zero-order valence-electron chi connectivity index (χ0n) is 13.3. The van der Waals surface area contributed by atoms with Crippen LogP contribution < -0.4 is 5.32 Å². The normalized spacial score (nSPS) is 19.3. The first-order valence-corrected chi connectivity index (χ1v) is 8.03. The Hall–Kier alpha value is -2.28. The van der Waals surface area contributed by atoms with E-state index < -0.39 is 0 Å². The largest absolute Gasteiger partial charge is 0.347 e. The van der Waals surface area contributed by atoms with E-state index in [9.17, 15) is 4.79 Å². The molecule has 1 atom stereocenters.